The molecule has 0 saturated carbocycles. The van der Waals surface area contributed by atoms with Crippen molar-refractivity contribution < 1.29 is 20.9 Å². The molecule has 0 radical (unpaired) electrons. The average molecular weight is 202 g/mol. The van der Waals surface area contributed by atoms with Crippen molar-refractivity contribution >= 4 is 15.9 Å². The smallest absolute Gasteiger partial charge is 0.305 e. The van der Waals surface area contributed by atoms with Gasteiger partial charge in [-0.25, -0.2) is 0 Å². The minimum absolute atomic E-state index is 0. The van der Waals surface area contributed by atoms with Gasteiger partial charge in [-0.15, -0.1) is 0 Å². The van der Waals surface area contributed by atoms with Gasteiger partial charge >= 0.3 is 4.45 Å². The van der Waals surface area contributed by atoms with E-state index in [-0.39, 0.29) is 5.48 Å². The van der Waals surface area contributed by atoms with Crippen LogP contribution in [0.4, 0.5) is 0 Å². The summed E-state index contributed by atoms with van der Waals surface area (Å²) in [6.07, 6.45) is 0. The summed E-state index contributed by atoms with van der Waals surface area (Å²) >= 11 is 2.76. The lowest BCUT2D eigenvalue weighted by Crippen LogP contribution is -2.82. The van der Waals surface area contributed by atoms with Crippen LogP contribution in [0.2, 0.25) is 0 Å². The molecule has 0 spiro atoms. The van der Waals surface area contributed by atoms with E-state index in [9.17, 15) is 4.91 Å². The second-order valence-corrected chi connectivity index (χ2v) is 2.90. The molecule has 0 atom stereocenters. The SMILES string of the molecule is O=[NH+]C(Br)(CO)CO.[OH-]. The Morgan fingerprint density at radius 2 is 1.78 bits per heavy atom. The highest BCUT2D eigenvalue weighted by atomic mass is 79.9. The van der Waals surface area contributed by atoms with Crippen LogP contribution in [0.5, 0.6) is 0 Å². The molecule has 0 bridgehead atoms. The van der Waals surface area contributed by atoms with E-state index < -0.39 is 17.7 Å². The Labute approximate surface area is 60.1 Å². The summed E-state index contributed by atoms with van der Waals surface area (Å²) in [5.41, 5.74) is 0. The van der Waals surface area contributed by atoms with Gasteiger partial charge in [0.05, 0.1) is 0 Å². The molecule has 0 fully saturated rings. The van der Waals surface area contributed by atoms with E-state index in [1.165, 1.54) is 5.18 Å². The maximum absolute atomic E-state index is 9.80. The maximum Gasteiger partial charge on any atom is 0.305 e. The molecule has 0 saturated heterocycles. The molecule has 0 aromatic heterocycles. The highest BCUT2D eigenvalue weighted by Crippen LogP contribution is 2.03. The molecular formula is C3H8BrNO4. The Hall–Kier alpha value is -0.0400. The molecule has 0 rings (SSSR count). The highest BCUT2D eigenvalue weighted by molar-refractivity contribution is 9.10. The maximum atomic E-state index is 9.80. The van der Waals surface area contributed by atoms with Crippen LogP contribution in [-0.4, -0.2) is 33.4 Å². The van der Waals surface area contributed by atoms with Gasteiger partial charge in [0.2, 0.25) is 0 Å². The summed E-state index contributed by atoms with van der Waals surface area (Å²) in [6.45, 7) is -0.875. The minimum Gasteiger partial charge on any atom is -0.870 e. The molecule has 0 aromatic rings. The number of halogens is 1. The number of aliphatic hydroxyl groups is 2. The third-order valence-corrected chi connectivity index (χ3v) is 1.35. The summed E-state index contributed by atoms with van der Waals surface area (Å²) in [5, 5.41) is 18.1. The lowest BCUT2D eigenvalue weighted by molar-refractivity contribution is -0.545. The zero-order valence-electron chi connectivity index (χ0n) is 4.54. The zero-order valence-corrected chi connectivity index (χ0v) is 6.13. The summed E-state index contributed by atoms with van der Waals surface area (Å²) in [7, 11) is 0. The van der Waals surface area contributed by atoms with Crippen molar-refractivity contribution in [3.63, 3.8) is 0 Å². The van der Waals surface area contributed by atoms with Crippen molar-refractivity contribution in [2.24, 2.45) is 0 Å². The Kier molecular flexibility index (Phi) is 6.25. The van der Waals surface area contributed by atoms with Crippen molar-refractivity contribution in [1.82, 2.24) is 0 Å². The number of hydrogen-bond donors (Lipinski definition) is 3. The number of nitrogens with one attached hydrogen (secondary N) is 1. The fraction of sp³-hybridized carbons (Fsp3) is 1.00. The van der Waals surface area contributed by atoms with Gasteiger partial charge in [-0.05, 0) is 0 Å². The van der Waals surface area contributed by atoms with Crippen LogP contribution in [0, 0.1) is 4.91 Å². The van der Waals surface area contributed by atoms with E-state index >= 15 is 0 Å². The number of alkyl halides is 1. The summed E-state index contributed by atoms with van der Waals surface area (Å²) in [4.78, 5) is 9.80. The molecular weight excluding hydrogens is 194 g/mol. The van der Waals surface area contributed by atoms with Crippen LogP contribution >= 0.6 is 15.9 Å². The summed E-state index contributed by atoms with van der Waals surface area (Å²) < 4.78 is -1.26. The van der Waals surface area contributed by atoms with E-state index in [1.807, 2.05) is 0 Å². The minimum atomic E-state index is -1.26. The molecule has 4 N–H and O–H groups in total. The largest absolute Gasteiger partial charge is 0.870 e. The van der Waals surface area contributed by atoms with E-state index in [0.717, 1.165) is 0 Å². The van der Waals surface area contributed by atoms with Crippen LogP contribution in [0.15, 0.2) is 0 Å². The summed E-state index contributed by atoms with van der Waals surface area (Å²) in [5.74, 6) is 0. The Morgan fingerprint density at radius 1 is 1.44 bits per heavy atom. The first-order valence-corrected chi connectivity index (χ1v) is 2.78. The van der Waals surface area contributed by atoms with E-state index in [0.29, 0.717) is 0 Å². The van der Waals surface area contributed by atoms with E-state index in [4.69, 9.17) is 10.2 Å². The topological polar surface area (TPSA) is 102 Å². The quantitative estimate of drug-likeness (QED) is 0.354. The fourth-order valence-corrected chi connectivity index (χ4v) is 0.115. The first-order valence-electron chi connectivity index (χ1n) is 1.98. The zero-order chi connectivity index (χ0) is 6.62. The Bertz CT molecular complexity index is 83.9. The number of rotatable bonds is 3. The van der Waals surface area contributed by atoms with Crippen molar-refractivity contribution in [1.29, 1.82) is 0 Å². The van der Waals surface area contributed by atoms with Crippen LogP contribution < -0.4 is 5.18 Å². The van der Waals surface area contributed by atoms with Gasteiger partial charge in [0.25, 0.3) is 0 Å². The third-order valence-electron chi connectivity index (χ3n) is 0.684. The van der Waals surface area contributed by atoms with E-state index in [2.05, 4.69) is 15.9 Å². The highest BCUT2D eigenvalue weighted by Gasteiger charge is 2.32. The van der Waals surface area contributed by atoms with Gasteiger partial charge in [0, 0.05) is 26.0 Å². The standard InChI is InChI=1S/C3H6BrNO3.H2O/c4-3(1-6,2-7)5-8;/h6-7H,1-2H2;1H2. The number of aliphatic hydroxyl groups excluding tert-OH is 2. The van der Waals surface area contributed by atoms with Crippen molar-refractivity contribution in [3.05, 3.63) is 4.91 Å². The fourth-order valence-electron chi connectivity index (χ4n) is 0.115. The van der Waals surface area contributed by atoms with Crippen LogP contribution in [0.1, 0.15) is 0 Å². The first-order chi connectivity index (χ1) is 3.68. The second-order valence-electron chi connectivity index (χ2n) is 1.38. The molecule has 0 aliphatic carbocycles. The molecule has 0 aromatic carbocycles. The molecule has 0 amide bonds. The van der Waals surface area contributed by atoms with Gasteiger partial charge in [-0.2, -0.15) is 0 Å². The van der Waals surface area contributed by atoms with Crippen molar-refractivity contribution in [2.45, 2.75) is 4.45 Å². The van der Waals surface area contributed by atoms with Gasteiger partial charge in [-0.3, -0.25) is 0 Å². The molecule has 0 aliphatic heterocycles. The second kappa shape index (κ2) is 4.80. The van der Waals surface area contributed by atoms with Gasteiger partial charge < -0.3 is 15.7 Å². The monoisotopic (exact) mass is 201 g/mol. The third kappa shape index (κ3) is 3.52. The lowest BCUT2D eigenvalue weighted by atomic mass is 10.4. The Balaban J connectivity index is 0. The van der Waals surface area contributed by atoms with Gasteiger partial charge in [0.1, 0.15) is 13.2 Å². The normalized spacial score (nSPS) is 10.1. The molecule has 56 valence electrons. The molecule has 0 unspecified atom stereocenters. The lowest BCUT2D eigenvalue weighted by Gasteiger charge is -2.03. The predicted octanol–water partition coefficient (Wildman–Crippen LogP) is -2.27. The van der Waals surface area contributed by atoms with Crippen molar-refractivity contribution in [3.8, 4) is 0 Å². The first kappa shape index (κ1) is 11.7. The molecule has 6 heteroatoms. The predicted molar refractivity (Wildman–Crippen MR) is 32.1 cm³/mol. The van der Waals surface area contributed by atoms with Crippen molar-refractivity contribution in [2.75, 3.05) is 13.2 Å². The van der Waals surface area contributed by atoms with Gasteiger partial charge in [-0.1, -0.05) is 0 Å². The molecule has 5 nitrogen and oxygen atoms in total. The van der Waals surface area contributed by atoms with Gasteiger partial charge in [0.15, 0.2) is 0 Å². The van der Waals surface area contributed by atoms with Crippen LogP contribution in [0.25, 0.3) is 0 Å². The summed E-state index contributed by atoms with van der Waals surface area (Å²) in [6, 6.07) is 0. The van der Waals surface area contributed by atoms with E-state index in [1.54, 1.807) is 0 Å². The van der Waals surface area contributed by atoms with Crippen LogP contribution in [-0.2, 0) is 0 Å². The Morgan fingerprint density at radius 3 is 1.78 bits per heavy atom. The molecule has 9 heavy (non-hydrogen) atoms. The van der Waals surface area contributed by atoms with Crippen LogP contribution in [0.3, 0.4) is 0 Å². The molecule has 0 heterocycles. The number of hydrogen-bond acceptors (Lipinski definition) is 4. The average Bonchev–Trinajstić information content (AvgIpc) is 1.87. The molecule has 0 aliphatic rings. The number of nitroso groups, excluding NO2 is 1.